The van der Waals surface area contributed by atoms with Gasteiger partial charge in [-0.2, -0.15) is 0 Å². The van der Waals surface area contributed by atoms with Crippen molar-refractivity contribution in [3.05, 3.63) is 36.0 Å². The summed E-state index contributed by atoms with van der Waals surface area (Å²) in [6, 6.07) is 8.39. The maximum absolute atomic E-state index is 6.35. The second kappa shape index (κ2) is 4.90. The lowest BCUT2D eigenvalue weighted by Crippen LogP contribution is -2.27. The standard InChI is InChI=1S/C14H21N3/c1-3-10(8-15)14(16)12-9-17(2)13-7-5-4-6-11(12)13/h4-7,9-10,14H,3,8,15-16H2,1-2H3. The molecule has 4 N–H and O–H groups in total. The van der Waals surface area contributed by atoms with Crippen molar-refractivity contribution in [3.8, 4) is 0 Å². The molecule has 1 aromatic carbocycles. The summed E-state index contributed by atoms with van der Waals surface area (Å²) in [6.45, 7) is 2.78. The predicted molar refractivity (Wildman–Crippen MR) is 72.7 cm³/mol. The van der Waals surface area contributed by atoms with E-state index in [9.17, 15) is 0 Å². The number of aromatic nitrogens is 1. The first-order valence-electron chi connectivity index (χ1n) is 6.18. The van der Waals surface area contributed by atoms with Crippen molar-refractivity contribution < 1.29 is 0 Å². The first kappa shape index (κ1) is 12.1. The fourth-order valence-electron chi connectivity index (χ4n) is 2.46. The summed E-state index contributed by atoms with van der Waals surface area (Å²) in [6.07, 6.45) is 3.15. The number of nitrogens with zero attached hydrogens (tertiary/aromatic N) is 1. The lowest BCUT2D eigenvalue weighted by atomic mass is 9.91. The summed E-state index contributed by atoms with van der Waals surface area (Å²) < 4.78 is 2.13. The Morgan fingerprint density at radius 2 is 2.00 bits per heavy atom. The summed E-state index contributed by atoms with van der Waals surface area (Å²) in [5.74, 6) is 0.348. The van der Waals surface area contributed by atoms with Gasteiger partial charge in [0.2, 0.25) is 0 Å². The molecule has 0 saturated heterocycles. The zero-order valence-corrected chi connectivity index (χ0v) is 10.6. The van der Waals surface area contributed by atoms with Crippen molar-refractivity contribution >= 4 is 10.9 Å². The molecular formula is C14H21N3. The topological polar surface area (TPSA) is 57.0 Å². The highest BCUT2D eigenvalue weighted by molar-refractivity contribution is 5.84. The molecule has 0 amide bonds. The van der Waals surface area contributed by atoms with E-state index in [4.69, 9.17) is 11.5 Å². The van der Waals surface area contributed by atoms with Gasteiger partial charge in [0.05, 0.1) is 0 Å². The van der Waals surface area contributed by atoms with Crippen LogP contribution in [0.25, 0.3) is 10.9 Å². The Balaban J connectivity index is 2.48. The van der Waals surface area contributed by atoms with Gasteiger partial charge in [-0.25, -0.2) is 0 Å². The molecule has 0 aliphatic heterocycles. The first-order valence-corrected chi connectivity index (χ1v) is 6.18. The minimum Gasteiger partial charge on any atom is -0.350 e. The molecule has 0 aliphatic carbocycles. The van der Waals surface area contributed by atoms with Crippen LogP contribution < -0.4 is 11.5 Å². The molecule has 1 heterocycles. The highest BCUT2D eigenvalue weighted by Crippen LogP contribution is 2.29. The number of aryl methyl sites for hydroxylation is 1. The fraction of sp³-hybridized carbons (Fsp3) is 0.429. The van der Waals surface area contributed by atoms with Gasteiger partial charge in [-0.15, -0.1) is 0 Å². The van der Waals surface area contributed by atoms with Crippen LogP contribution in [-0.4, -0.2) is 11.1 Å². The van der Waals surface area contributed by atoms with E-state index in [1.807, 2.05) is 0 Å². The van der Waals surface area contributed by atoms with Gasteiger partial charge < -0.3 is 16.0 Å². The van der Waals surface area contributed by atoms with E-state index in [1.165, 1.54) is 16.5 Å². The van der Waals surface area contributed by atoms with Gasteiger partial charge in [-0.05, 0) is 24.1 Å². The molecular weight excluding hydrogens is 210 g/mol. The predicted octanol–water partition coefficient (Wildman–Crippen LogP) is 2.16. The van der Waals surface area contributed by atoms with Crippen molar-refractivity contribution in [2.24, 2.45) is 24.4 Å². The quantitative estimate of drug-likeness (QED) is 0.847. The molecule has 0 fully saturated rings. The number of hydrogen-bond donors (Lipinski definition) is 2. The van der Waals surface area contributed by atoms with Gasteiger partial charge >= 0.3 is 0 Å². The summed E-state index contributed by atoms with van der Waals surface area (Å²) in [5, 5.41) is 1.24. The van der Waals surface area contributed by atoms with Crippen molar-refractivity contribution in [1.82, 2.24) is 4.57 Å². The number of hydrogen-bond acceptors (Lipinski definition) is 2. The van der Waals surface area contributed by atoms with Crippen LogP contribution in [0.1, 0.15) is 24.9 Å². The van der Waals surface area contributed by atoms with Gasteiger partial charge in [-0.1, -0.05) is 31.5 Å². The van der Waals surface area contributed by atoms with Gasteiger partial charge in [0.1, 0.15) is 0 Å². The highest BCUT2D eigenvalue weighted by Gasteiger charge is 2.20. The number of benzene rings is 1. The van der Waals surface area contributed by atoms with E-state index in [1.54, 1.807) is 0 Å². The number of nitrogens with two attached hydrogens (primary N) is 2. The molecule has 2 atom stereocenters. The molecule has 0 saturated carbocycles. The van der Waals surface area contributed by atoms with Gasteiger partial charge in [-0.3, -0.25) is 0 Å². The van der Waals surface area contributed by atoms with Crippen LogP contribution >= 0.6 is 0 Å². The van der Waals surface area contributed by atoms with E-state index < -0.39 is 0 Å². The minimum absolute atomic E-state index is 0.0242. The molecule has 2 unspecified atom stereocenters. The molecule has 0 bridgehead atoms. The van der Waals surface area contributed by atoms with Crippen molar-refractivity contribution in [2.45, 2.75) is 19.4 Å². The van der Waals surface area contributed by atoms with Crippen LogP contribution in [0.2, 0.25) is 0 Å². The van der Waals surface area contributed by atoms with Crippen LogP contribution in [0.15, 0.2) is 30.5 Å². The molecule has 0 spiro atoms. The Bertz CT molecular complexity index is 497. The zero-order chi connectivity index (χ0) is 12.4. The molecule has 2 aromatic rings. The summed E-state index contributed by atoms with van der Waals surface area (Å²) in [4.78, 5) is 0. The van der Waals surface area contributed by atoms with Crippen LogP contribution in [0, 0.1) is 5.92 Å². The van der Waals surface area contributed by atoms with Crippen molar-refractivity contribution in [3.63, 3.8) is 0 Å². The Hall–Kier alpha value is -1.32. The monoisotopic (exact) mass is 231 g/mol. The van der Waals surface area contributed by atoms with E-state index in [0.29, 0.717) is 12.5 Å². The summed E-state index contributed by atoms with van der Waals surface area (Å²) >= 11 is 0. The Morgan fingerprint density at radius 1 is 1.29 bits per heavy atom. The largest absolute Gasteiger partial charge is 0.350 e. The average molecular weight is 231 g/mol. The second-order valence-electron chi connectivity index (χ2n) is 4.64. The van der Waals surface area contributed by atoms with E-state index in [-0.39, 0.29) is 6.04 Å². The van der Waals surface area contributed by atoms with Crippen LogP contribution in [0.3, 0.4) is 0 Å². The van der Waals surface area contributed by atoms with Crippen LogP contribution in [-0.2, 0) is 7.05 Å². The van der Waals surface area contributed by atoms with Gasteiger partial charge in [0.15, 0.2) is 0 Å². The first-order chi connectivity index (χ1) is 8.19. The molecule has 1 aromatic heterocycles. The minimum atomic E-state index is 0.0242. The molecule has 92 valence electrons. The third-order valence-electron chi connectivity index (χ3n) is 3.62. The van der Waals surface area contributed by atoms with Gasteiger partial charge in [0.25, 0.3) is 0 Å². The SMILES string of the molecule is CCC(CN)C(N)c1cn(C)c2ccccc12. The van der Waals surface area contributed by atoms with Crippen molar-refractivity contribution in [1.29, 1.82) is 0 Å². The van der Waals surface area contributed by atoms with Crippen LogP contribution in [0.4, 0.5) is 0 Å². The lowest BCUT2D eigenvalue weighted by Gasteiger charge is -2.20. The van der Waals surface area contributed by atoms with E-state index in [2.05, 4.69) is 49.0 Å². The maximum atomic E-state index is 6.35. The van der Waals surface area contributed by atoms with E-state index >= 15 is 0 Å². The summed E-state index contributed by atoms with van der Waals surface area (Å²) in [5.41, 5.74) is 14.6. The van der Waals surface area contributed by atoms with E-state index in [0.717, 1.165) is 6.42 Å². The smallest absolute Gasteiger partial charge is 0.0481 e. The molecule has 0 radical (unpaired) electrons. The average Bonchev–Trinajstić information content (AvgIpc) is 2.69. The second-order valence-corrected chi connectivity index (χ2v) is 4.64. The highest BCUT2D eigenvalue weighted by atomic mass is 14.9. The molecule has 3 nitrogen and oxygen atoms in total. The molecule has 3 heteroatoms. The summed E-state index contributed by atoms with van der Waals surface area (Å²) in [7, 11) is 2.06. The third kappa shape index (κ3) is 2.08. The van der Waals surface area contributed by atoms with Crippen LogP contribution in [0.5, 0.6) is 0 Å². The van der Waals surface area contributed by atoms with Crippen molar-refractivity contribution in [2.75, 3.05) is 6.54 Å². The fourth-order valence-corrected chi connectivity index (χ4v) is 2.46. The normalized spacial score (nSPS) is 15.1. The number of fused-ring (bicyclic) bond motifs is 1. The Kier molecular flexibility index (Phi) is 3.50. The molecule has 2 rings (SSSR count). The third-order valence-corrected chi connectivity index (χ3v) is 3.62. The number of para-hydroxylation sites is 1. The number of rotatable bonds is 4. The lowest BCUT2D eigenvalue weighted by molar-refractivity contribution is 0.429. The Morgan fingerprint density at radius 3 is 2.65 bits per heavy atom. The van der Waals surface area contributed by atoms with Gasteiger partial charge in [0, 0.05) is 30.2 Å². The molecule has 17 heavy (non-hydrogen) atoms. The molecule has 0 aliphatic rings. The maximum Gasteiger partial charge on any atom is 0.0481 e. The Labute approximate surface area is 102 Å². The zero-order valence-electron chi connectivity index (χ0n) is 10.6.